The van der Waals surface area contributed by atoms with Crippen LogP contribution in [-0.2, 0) is 0 Å². The van der Waals surface area contributed by atoms with Gasteiger partial charge in [0, 0.05) is 58.9 Å². The Bertz CT molecular complexity index is 3500. The summed E-state index contributed by atoms with van der Waals surface area (Å²) in [7, 11) is 0. The molecule has 0 spiro atoms. The molecule has 0 saturated carbocycles. The van der Waals surface area contributed by atoms with Gasteiger partial charge < -0.3 is 4.57 Å². The fourth-order valence-corrected chi connectivity index (χ4v) is 9.01. The Morgan fingerprint density at radius 2 is 1.09 bits per heavy atom. The van der Waals surface area contributed by atoms with Gasteiger partial charge in [0.2, 0.25) is 0 Å². The van der Waals surface area contributed by atoms with Crippen molar-refractivity contribution in [2.45, 2.75) is 0 Å². The van der Waals surface area contributed by atoms with Gasteiger partial charge in [-0.25, -0.2) is 15.0 Å². The fraction of sp³-hybridized carbons (Fsp3) is 0. The number of hydrogen-bond donors (Lipinski definition) is 0. The molecule has 0 unspecified atom stereocenters. The summed E-state index contributed by atoms with van der Waals surface area (Å²) in [6, 6.07) is 53.6. The van der Waals surface area contributed by atoms with Crippen molar-refractivity contribution in [1.29, 1.82) is 0 Å². The van der Waals surface area contributed by atoms with Crippen molar-refractivity contribution < 1.29 is 6.85 Å². The Hall–Kier alpha value is -7.21. The first-order valence-corrected chi connectivity index (χ1v) is 19.2. The Labute approximate surface area is 334 Å². The van der Waals surface area contributed by atoms with Gasteiger partial charge >= 0.3 is 0 Å². The van der Waals surface area contributed by atoms with Crippen molar-refractivity contribution >= 4 is 53.3 Å². The SMILES string of the molecule is [2H]c1c([2H])c([2H])c(-c2cc(-c3ccccc3)cc3c2sc2cc(-c4nc(-c5ccccc5)nc(-c5cccc6c7ccccc7n(-c7ccccc7)c56)n4)ccc23)c([2H])c1[2H]. The summed E-state index contributed by atoms with van der Waals surface area (Å²) in [5, 5.41) is 4.13. The lowest BCUT2D eigenvalue weighted by Crippen LogP contribution is -2.02. The van der Waals surface area contributed by atoms with E-state index in [-0.39, 0.29) is 29.7 Å². The molecule has 4 nitrogen and oxygen atoms in total. The van der Waals surface area contributed by atoms with Gasteiger partial charge in [0.05, 0.1) is 17.9 Å². The van der Waals surface area contributed by atoms with Crippen LogP contribution in [0.1, 0.15) is 6.85 Å². The molecule has 0 aliphatic rings. The van der Waals surface area contributed by atoms with E-state index in [1.54, 1.807) is 0 Å². The molecule has 5 heteroatoms. The maximum atomic E-state index is 8.94. The Kier molecular flexibility index (Phi) is 6.49. The summed E-state index contributed by atoms with van der Waals surface area (Å²) in [5.41, 5.74) is 8.26. The van der Waals surface area contributed by atoms with E-state index in [1.807, 2.05) is 91.0 Å². The van der Waals surface area contributed by atoms with Crippen LogP contribution in [0.3, 0.4) is 0 Å². The summed E-state index contributed by atoms with van der Waals surface area (Å²) in [5.74, 6) is 1.60. The number of hydrogen-bond acceptors (Lipinski definition) is 4. The van der Waals surface area contributed by atoms with E-state index in [2.05, 4.69) is 77.4 Å². The first-order chi connectivity index (χ1) is 29.8. The normalized spacial score (nSPS) is 12.8. The monoisotopic (exact) mass is 737 g/mol. The van der Waals surface area contributed by atoms with Gasteiger partial charge in [-0.15, -0.1) is 11.3 Å². The minimum Gasteiger partial charge on any atom is -0.309 e. The summed E-state index contributed by atoms with van der Waals surface area (Å²) in [4.78, 5) is 15.5. The zero-order chi connectivity index (χ0) is 41.4. The quantitative estimate of drug-likeness (QED) is 0.171. The Balaban J connectivity index is 1.15. The zero-order valence-electron chi connectivity index (χ0n) is 34.8. The average Bonchev–Trinajstić information content (AvgIpc) is 3.86. The van der Waals surface area contributed by atoms with E-state index in [4.69, 9.17) is 21.8 Å². The summed E-state index contributed by atoms with van der Waals surface area (Å²) >= 11 is 1.52. The minimum absolute atomic E-state index is 0.178. The zero-order valence-corrected chi connectivity index (χ0v) is 30.6. The van der Waals surface area contributed by atoms with Crippen molar-refractivity contribution in [2.75, 3.05) is 0 Å². The molecule has 3 heterocycles. The van der Waals surface area contributed by atoms with Crippen molar-refractivity contribution in [2.24, 2.45) is 0 Å². The number of aromatic nitrogens is 4. The van der Waals surface area contributed by atoms with Crippen LogP contribution in [0.2, 0.25) is 0 Å². The van der Waals surface area contributed by atoms with Gasteiger partial charge in [-0.2, -0.15) is 0 Å². The van der Waals surface area contributed by atoms with E-state index in [1.165, 1.54) is 11.3 Å². The first kappa shape index (κ1) is 27.4. The topological polar surface area (TPSA) is 43.6 Å². The smallest absolute Gasteiger partial charge is 0.166 e. The van der Waals surface area contributed by atoms with Gasteiger partial charge in [-0.3, -0.25) is 0 Å². The van der Waals surface area contributed by atoms with Crippen LogP contribution in [0.15, 0.2) is 194 Å². The highest BCUT2D eigenvalue weighted by Crippen LogP contribution is 2.44. The van der Waals surface area contributed by atoms with Gasteiger partial charge in [-0.05, 0) is 59.2 Å². The molecule has 0 radical (unpaired) electrons. The molecule has 262 valence electrons. The highest BCUT2D eigenvalue weighted by atomic mass is 32.1. The Morgan fingerprint density at radius 3 is 1.88 bits per heavy atom. The number of thiophene rings is 1. The second-order valence-corrected chi connectivity index (χ2v) is 14.7. The number of nitrogens with zero attached hydrogens (tertiary/aromatic N) is 4. The number of benzene rings is 8. The summed E-state index contributed by atoms with van der Waals surface area (Å²) in [6.45, 7) is 0. The molecular formula is C51H32N4S. The largest absolute Gasteiger partial charge is 0.309 e. The Morgan fingerprint density at radius 1 is 0.429 bits per heavy atom. The molecule has 0 saturated heterocycles. The predicted octanol–water partition coefficient (Wildman–Crippen LogP) is 13.7. The summed E-state index contributed by atoms with van der Waals surface area (Å²) in [6.07, 6.45) is 0. The molecule has 11 rings (SSSR count). The van der Waals surface area contributed by atoms with Crippen LogP contribution in [0.25, 0.3) is 104 Å². The molecule has 11 aromatic rings. The van der Waals surface area contributed by atoms with Crippen molar-refractivity contribution in [3.63, 3.8) is 0 Å². The average molecular weight is 738 g/mol. The molecule has 0 fully saturated rings. The van der Waals surface area contributed by atoms with E-state index in [0.717, 1.165) is 75.5 Å². The summed E-state index contributed by atoms with van der Waals surface area (Å²) < 4.78 is 47.2. The predicted molar refractivity (Wildman–Crippen MR) is 234 cm³/mol. The molecule has 0 aliphatic carbocycles. The highest BCUT2D eigenvalue weighted by molar-refractivity contribution is 7.26. The third-order valence-corrected chi connectivity index (χ3v) is 11.5. The van der Waals surface area contributed by atoms with Crippen LogP contribution in [-0.4, -0.2) is 19.5 Å². The molecule has 0 bridgehead atoms. The first-order valence-electron chi connectivity index (χ1n) is 20.9. The molecule has 0 N–H and O–H groups in total. The number of rotatable bonds is 6. The number of para-hydroxylation sites is 3. The minimum atomic E-state index is -0.417. The van der Waals surface area contributed by atoms with Crippen molar-refractivity contribution in [3.05, 3.63) is 194 Å². The lowest BCUT2D eigenvalue weighted by atomic mass is 9.96. The third kappa shape index (κ3) is 5.40. The van der Waals surface area contributed by atoms with Crippen LogP contribution in [0.5, 0.6) is 0 Å². The lowest BCUT2D eigenvalue weighted by Gasteiger charge is -2.12. The van der Waals surface area contributed by atoms with Gasteiger partial charge in [0.1, 0.15) is 0 Å². The molecule has 8 aromatic carbocycles. The molecule has 56 heavy (non-hydrogen) atoms. The van der Waals surface area contributed by atoms with Crippen molar-refractivity contribution in [1.82, 2.24) is 19.5 Å². The molecular weight excluding hydrogens is 701 g/mol. The molecule has 3 aromatic heterocycles. The van der Waals surface area contributed by atoms with Crippen LogP contribution >= 0.6 is 11.3 Å². The number of fused-ring (bicyclic) bond motifs is 6. The molecule has 0 aliphatic heterocycles. The maximum absolute atomic E-state index is 8.94. The second-order valence-electron chi connectivity index (χ2n) is 13.6. The molecule has 0 atom stereocenters. The van der Waals surface area contributed by atoms with Gasteiger partial charge in [0.15, 0.2) is 17.5 Å². The van der Waals surface area contributed by atoms with Crippen LogP contribution in [0.4, 0.5) is 0 Å². The highest BCUT2D eigenvalue weighted by Gasteiger charge is 2.21. The van der Waals surface area contributed by atoms with Crippen LogP contribution < -0.4 is 0 Å². The van der Waals surface area contributed by atoms with E-state index < -0.39 is 6.04 Å². The standard InChI is InChI=1S/C51H32N4S/c1-5-16-33(17-6-1)37-30-43(34-18-7-2-8-19-34)48-44(31-37)40-29-28-36(32-46(40)56-48)50-52-49(35-20-9-3-10-21-35)53-51(54-50)42-26-15-25-41-39-24-13-14-27-45(39)55(47(41)42)38-22-11-4-12-23-38/h1-32H/i2D,7D,8D,18D,19D. The fourth-order valence-electron chi connectivity index (χ4n) is 7.77. The van der Waals surface area contributed by atoms with Crippen LogP contribution in [0, 0.1) is 0 Å². The van der Waals surface area contributed by atoms with E-state index in [9.17, 15) is 0 Å². The van der Waals surface area contributed by atoms with E-state index >= 15 is 0 Å². The van der Waals surface area contributed by atoms with Gasteiger partial charge in [-0.1, -0.05) is 152 Å². The third-order valence-electron chi connectivity index (χ3n) is 10.3. The maximum Gasteiger partial charge on any atom is 0.166 e. The second kappa shape index (κ2) is 13.3. The molecule has 0 amide bonds. The van der Waals surface area contributed by atoms with Crippen molar-refractivity contribution in [3.8, 4) is 62.1 Å². The van der Waals surface area contributed by atoms with E-state index in [0.29, 0.717) is 23.0 Å². The van der Waals surface area contributed by atoms with Gasteiger partial charge in [0.25, 0.3) is 0 Å². The lowest BCUT2D eigenvalue weighted by molar-refractivity contribution is 1.07.